The zero-order valence-electron chi connectivity index (χ0n) is 19.7. The lowest BCUT2D eigenvalue weighted by Gasteiger charge is -2.11. The van der Waals surface area contributed by atoms with Crippen molar-refractivity contribution in [2.75, 3.05) is 12.3 Å². The Kier molecular flexibility index (Phi) is 11.1. The van der Waals surface area contributed by atoms with Gasteiger partial charge in [-0.1, -0.05) is 68.1 Å². The third kappa shape index (κ3) is 8.82. The van der Waals surface area contributed by atoms with E-state index in [-0.39, 0.29) is 10.8 Å². The summed E-state index contributed by atoms with van der Waals surface area (Å²) in [5.41, 5.74) is 3.80. The lowest BCUT2D eigenvalue weighted by molar-refractivity contribution is -0.117. The molecule has 0 radical (unpaired) electrons. The number of allylic oxidation sites excluding steroid dienone is 4. The number of hydrogen-bond donors (Lipinski definition) is 2. The molecule has 0 aliphatic heterocycles. The van der Waals surface area contributed by atoms with Crippen LogP contribution in [0.4, 0.5) is 0 Å². The van der Waals surface area contributed by atoms with Crippen LogP contribution in [0.2, 0.25) is 0 Å². The molecular formula is C27H32N2O3S2. The quantitative estimate of drug-likeness (QED) is 0.319. The lowest BCUT2D eigenvalue weighted by Crippen LogP contribution is -2.28. The Bertz CT molecular complexity index is 1180. The van der Waals surface area contributed by atoms with E-state index in [1.54, 1.807) is 30.0 Å². The second kappa shape index (κ2) is 13.7. The van der Waals surface area contributed by atoms with Crippen LogP contribution in [0.3, 0.4) is 0 Å². The summed E-state index contributed by atoms with van der Waals surface area (Å²) in [5, 5.41) is 8.14. The summed E-state index contributed by atoms with van der Waals surface area (Å²) < 4.78 is 22.8. The molecule has 0 bridgehead atoms. The van der Waals surface area contributed by atoms with Crippen molar-refractivity contribution in [1.29, 1.82) is 0 Å². The van der Waals surface area contributed by atoms with Crippen LogP contribution in [-0.4, -0.2) is 26.6 Å². The first-order valence-electron chi connectivity index (χ1n) is 11.0. The van der Waals surface area contributed by atoms with Gasteiger partial charge in [0.25, 0.3) is 0 Å². The number of carbonyl (C=O) groups is 1. The Morgan fingerprint density at radius 1 is 1.15 bits per heavy atom. The van der Waals surface area contributed by atoms with Gasteiger partial charge in [0.1, 0.15) is 0 Å². The average Bonchev–Trinajstić information content (AvgIpc) is 2.83. The van der Waals surface area contributed by atoms with E-state index in [0.717, 1.165) is 22.5 Å². The molecule has 34 heavy (non-hydrogen) atoms. The fourth-order valence-electron chi connectivity index (χ4n) is 3.16. The normalized spacial score (nSPS) is 12.7. The highest BCUT2D eigenvalue weighted by Gasteiger charge is 2.12. The maximum atomic E-state index is 13.1. The second-order valence-corrected chi connectivity index (χ2v) is 10.1. The Hall–Kier alpha value is -2.87. The molecule has 0 aliphatic rings. The van der Waals surface area contributed by atoms with E-state index in [1.807, 2.05) is 49.4 Å². The smallest absolute Gasteiger partial charge is 0.248 e. The Morgan fingerprint density at radius 3 is 2.47 bits per heavy atom. The third-order valence-electron chi connectivity index (χ3n) is 5.06. The first-order valence-corrected chi connectivity index (χ1v) is 13.6. The molecular weight excluding hydrogens is 464 g/mol. The summed E-state index contributed by atoms with van der Waals surface area (Å²) in [6.45, 7) is 8.33. The Balaban J connectivity index is 2.14. The Labute approximate surface area is 207 Å². The van der Waals surface area contributed by atoms with E-state index in [1.165, 1.54) is 17.7 Å². The standard InChI is InChI=1S/C27H32N2O3S2/c1-4-7-12-25(6-3)33-20-24(19-23-11-9-8-10-22(23)5-2)27(30)29-18-17-21-13-15-26(16-14-21)34(28,31)32/h4,6-16,19H,3,5,17-18,20H2,1-2H3,(H,29,30)(H2,28,31,32)/b7-4-,24-19+,25-12+. The fourth-order valence-corrected chi connectivity index (χ4v) is 4.51. The first kappa shape index (κ1) is 27.4. The number of rotatable bonds is 12. The van der Waals surface area contributed by atoms with Gasteiger partial charge in [0.05, 0.1) is 4.90 Å². The minimum absolute atomic E-state index is 0.0705. The van der Waals surface area contributed by atoms with Gasteiger partial charge in [-0.2, -0.15) is 0 Å². The van der Waals surface area contributed by atoms with E-state index in [4.69, 9.17) is 5.14 Å². The lowest BCUT2D eigenvalue weighted by atomic mass is 10.0. The third-order valence-corrected chi connectivity index (χ3v) is 7.08. The second-order valence-electron chi connectivity index (χ2n) is 7.50. The van der Waals surface area contributed by atoms with Gasteiger partial charge in [-0.05, 0) is 60.7 Å². The van der Waals surface area contributed by atoms with Crippen LogP contribution in [0.25, 0.3) is 6.08 Å². The molecule has 0 fully saturated rings. The number of sulfonamides is 1. The number of nitrogens with one attached hydrogen (secondary N) is 1. The molecule has 0 unspecified atom stereocenters. The highest BCUT2D eigenvalue weighted by atomic mass is 32.2. The molecule has 7 heteroatoms. The molecule has 3 N–H and O–H groups in total. The molecule has 2 rings (SSSR count). The van der Waals surface area contributed by atoms with Gasteiger partial charge >= 0.3 is 0 Å². The van der Waals surface area contributed by atoms with Crippen molar-refractivity contribution in [1.82, 2.24) is 5.32 Å². The SMILES string of the molecule is C=C/C(=C\C=C/C)SC/C(=C\c1ccccc1CC)C(=O)NCCc1ccc(S(N)(=O)=O)cc1. The largest absolute Gasteiger partial charge is 0.352 e. The maximum absolute atomic E-state index is 13.1. The van der Waals surface area contributed by atoms with E-state index in [0.29, 0.717) is 24.3 Å². The number of benzene rings is 2. The van der Waals surface area contributed by atoms with Gasteiger partial charge in [0.2, 0.25) is 15.9 Å². The zero-order chi connectivity index (χ0) is 25.0. The number of amides is 1. The fraction of sp³-hybridized carbons (Fsp3) is 0.222. The highest BCUT2D eigenvalue weighted by Crippen LogP contribution is 2.23. The van der Waals surface area contributed by atoms with Crippen LogP contribution in [0, 0.1) is 0 Å². The molecule has 0 aliphatic carbocycles. The molecule has 180 valence electrons. The van der Waals surface area contributed by atoms with Crippen molar-refractivity contribution < 1.29 is 13.2 Å². The summed E-state index contributed by atoms with van der Waals surface area (Å²) in [4.78, 5) is 14.1. The van der Waals surface area contributed by atoms with Gasteiger partial charge in [0.15, 0.2) is 0 Å². The van der Waals surface area contributed by atoms with E-state index in [2.05, 4.69) is 24.9 Å². The minimum atomic E-state index is -3.72. The molecule has 0 saturated carbocycles. The van der Waals surface area contributed by atoms with Crippen molar-refractivity contribution in [3.8, 4) is 0 Å². The molecule has 2 aromatic rings. The molecule has 5 nitrogen and oxygen atoms in total. The van der Waals surface area contributed by atoms with Gasteiger partial charge in [-0.15, -0.1) is 11.8 Å². The number of primary sulfonamides is 1. The number of carbonyl (C=O) groups excluding carboxylic acids is 1. The maximum Gasteiger partial charge on any atom is 0.248 e. The topological polar surface area (TPSA) is 89.3 Å². The van der Waals surface area contributed by atoms with Crippen LogP contribution >= 0.6 is 11.8 Å². The van der Waals surface area contributed by atoms with Crippen LogP contribution in [0.5, 0.6) is 0 Å². The van der Waals surface area contributed by atoms with Crippen molar-refractivity contribution in [3.05, 3.63) is 107 Å². The number of hydrogen-bond acceptors (Lipinski definition) is 4. The van der Waals surface area contributed by atoms with Crippen molar-refractivity contribution >= 4 is 33.8 Å². The predicted octanol–water partition coefficient (Wildman–Crippen LogP) is 5.02. The summed E-state index contributed by atoms with van der Waals surface area (Å²) in [6.07, 6.45) is 11.0. The van der Waals surface area contributed by atoms with Crippen molar-refractivity contribution in [2.24, 2.45) is 5.14 Å². The van der Waals surface area contributed by atoms with Gasteiger partial charge in [-0.3, -0.25) is 4.79 Å². The molecule has 0 atom stereocenters. The van der Waals surface area contributed by atoms with Gasteiger partial charge in [-0.25, -0.2) is 13.6 Å². The van der Waals surface area contributed by atoms with Crippen LogP contribution in [-0.2, 0) is 27.7 Å². The molecule has 2 aromatic carbocycles. The summed E-state index contributed by atoms with van der Waals surface area (Å²) in [6, 6.07) is 14.4. The monoisotopic (exact) mass is 496 g/mol. The Morgan fingerprint density at radius 2 is 1.85 bits per heavy atom. The summed E-state index contributed by atoms with van der Waals surface area (Å²) >= 11 is 1.56. The predicted molar refractivity (Wildman–Crippen MR) is 144 cm³/mol. The van der Waals surface area contributed by atoms with Gasteiger partial charge < -0.3 is 5.32 Å². The molecule has 0 heterocycles. The summed E-state index contributed by atoms with van der Waals surface area (Å²) in [7, 11) is -3.72. The van der Waals surface area contributed by atoms with Crippen molar-refractivity contribution in [3.63, 3.8) is 0 Å². The van der Waals surface area contributed by atoms with Crippen molar-refractivity contribution in [2.45, 2.75) is 31.6 Å². The summed E-state index contributed by atoms with van der Waals surface area (Å²) in [5.74, 6) is 0.372. The first-order chi connectivity index (χ1) is 16.3. The van der Waals surface area contributed by atoms with Crippen LogP contribution in [0.15, 0.2) is 94.8 Å². The number of nitrogens with two attached hydrogens (primary N) is 1. The van der Waals surface area contributed by atoms with E-state index < -0.39 is 10.0 Å². The highest BCUT2D eigenvalue weighted by molar-refractivity contribution is 8.03. The molecule has 0 spiro atoms. The zero-order valence-corrected chi connectivity index (χ0v) is 21.3. The van der Waals surface area contributed by atoms with Gasteiger partial charge in [0, 0.05) is 22.8 Å². The molecule has 0 aromatic heterocycles. The average molecular weight is 497 g/mol. The number of thioether (sulfide) groups is 1. The van der Waals surface area contributed by atoms with Crippen LogP contribution in [0.1, 0.15) is 30.5 Å². The number of aryl methyl sites for hydroxylation is 1. The molecule has 0 saturated heterocycles. The van der Waals surface area contributed by atoms with Crippen LogP contribution < -0.4 is 10.5 Å². The minimum Gasteiger partial charge on any atom is -0.352 e. The van der Waals surface area contributed by atoms with E-state index >= 15 is 0 Å². The molecule has 1 amide bonds. The van der Waals surface area contributed by atoms with E-state index in [9.17, 15) is 13.2 Å².